The maximum Gasteiger partial charge on any atom is 0.251 e. The molecule has 0 unspecified atom stereocenters. The van der Waals surface area contributed by atoms with Gasteiger partial charge >= 0.3 is 0 Å². The van der Waals surface area contributed by atoms with Crippen LogP contribution in [0.25, 0.3) is 0 Å². The number of benzene rings is 2. The van der Waals surface area contributed by atoms with Crippen molar-refractivity contribution in [2.24, 2.45) is 0 Å². The number of hydrogen-bond donors (Lipinski definition) is 1. The quantitative estimate of drug-likeness (QED) is 0.877. The molecule has 1 amide bonds. The third-order valence-electron chi connectivity index (χ3n) is 3.55. The molecule has 0 fully saturated rings. The van der Waals surface area contributed by atoms with Crippen molar-refractivity contribution in [3.63, 3.8) is 0 Å². The summed E-state index contributed by atoms with van der Waals surface area (Å²) in [5.41, 5.74) is 2.28. The number of nitrogens with one attached hydrogen (secondary N) is 1. The SMILES string of the molecule is O=C(N[C@@H]1CCc2c(F)cccc21)c1ccccc1. The maximum absolute atomic E-state index is 13.6. The Kier molecular flexibility index (Phi) is 3.03. The van der Waals surface area contributed by atoms with E-state index in [1.54, 1.807) is 18.2 Å². The molecule has 1 atom stereocenters. The number of carbonyl (C=O) groups excluding carboxylic acids is 1. The van der Waals surface area contributed by atoms with Gasteiger partial charge in [-0.05, 0) is 42.2 Å². The van der Waals surface area contributed by atoms with Crippen LogP contribution in [0.2, 0.25) is 0 Å². The van der Waals surface area contributed by atoms with Crippen molar-refractivity contribution in [2.75, 3.05) is 0 Å². The second-order valence-electron chi connectivity index (χ2n) is 4.74. The molecule has 0 aliphatic heterocycles. The molecule has 0 bridgehead atoms. The molecule has 3 rings (SSSR count). The largest absolute Gasteiger partial charge is 0.345 e. The van der Waals surface area contributed by atoms with Crippen LogP contribution < -0.4 is 5.32 Å². The summed E-state index contributed by atoms with van der Waals surface area (Å²) in [6, 6.07) is 14.1. The minimum Gasteiger partial charge on any atom is -0.345 e. The van der Waals surface area contributed by atoms with Gasteiger partial charge in [0.15, 0.2) is 0 Å². The summed E-state index contributed by atoms with van der Waals surface area (Å²) < 4.78 is 13.6. The van der Waals surface area contributed by atoms with Gasteiger partial charge in [-0.1, -0.05) is 30.3 Å². The number of fused-ring (bicyclic) bond motifs is 1. The summed E-state index contributed by atoms with van der Waals surface area (Å²) in [5, 5.41) is 2.97. The molecule has 2 nitrogen and oxygen atoms in total. The number of halogens is 1. The van der Waals surface area contributed by atoms with Gasteiger partial charge in [0, 0.05) is 5.56 Å². The van der Waals surface area contributed by atoms with E-state index in [-0.39, 0.29) is 17.8 Å². The van der Waals surface area contributed by atoms with Crippen molar-refractivity contribution in [2.45, 2.75) is 18.9 Å². The lowest BCUT2D eigenvalue weighted by Gasteiger charge is -2.14. The first-order valence-corrected chi connectivity index (χ1v) is 6.39. The molecule has 19 heavy (non-hydrogen) atoms. The van der Waals surface area contributed by atoms with Gasteiger partial charge in [0.05, 0.1) is 6.04 Å². The monoisotopic (exact) mass is 255 g/mol. The summed E-state index contributed by atoms with van der Waals surface area (Å²) in [5.74, 6) is -0.281. The molecular weight excluding hydrogens is 241 g/mol. The van der Waals surface area contributed by atoms with Crippen molar-refractivity contribution < 1.29 is 9.18 Å². The zero-order valence-electron chi connectivity index (χ0n) is 10.4. The van der Waals surface area contributed by atoms with Gasteiger partial charge in [0.25, 0.3) is 5.91 Å². The topological polar surface area (TPSA) is 29.1 Å². The van der Waals surface area contributed by atoms with Crippen LogP contribution >= 0.6 is 0 Å². The highest BCUT2D eigenvalue weighted by atomic mass is 19.1. The van der Waals surface area contributed by atoms with Crippen molar-refractivity contribution in [3.8, 4) is 0 Å². The zero-order chi connectivity index (χ0) is 13.2. The van der Waals surface area contributed by atoms with E-state index in [0.717, 1.165) is 17.5 Å². The molecule has 0 heterocycles. The average Bonchev–Trinajstić information content (AvgIpc) is 2.84. The van der Waals surface area contributed by atoms with Crippen LogP contribution in [0.15, 0.2) is 48.5 Å². The van der Waals surface area contributed by atoms with E-state index < -0.39 is 0 Å². The van der Waals surface area contributed by atoms with Crippen LogP contribution in [0.5, 0.6) is 0 Å². The van der Waals surface area contributed by atoms with Crippen molar-refractivity contribution in [1.29, 1.82) is 0 Å². The molecule has 1 aliphatic rings. The van der Waals surface area contributed by atoms with Crippen molar-refractivity contribution >= 4 is 5.91 Å². The van der Waals surface area contributed by atoms with Gasteiger partial charge in [-0.25, -0.2) is 4.39 Å². The van der Waals surface area contributed by atoms with Crippen LogP contribution in [0.4, 0.5) is 4.39 Å². The molecule has 96 valence electrons. The Bertz CT molecular complexity index is 609. The first-order chi connectivity index (χ1) is 9.25. The van der Waals surface area contributed by atoms with E-state index in [4.69, 9.17) is 0 Å². The second-order valence-corrected chi connectivity index (χ2v) is 4.74. The summed E-state index contributed by atoms with van der Waals surface area (Å²) in [6.45, 7) is 0. The highest BCUT2D eigenvalue weighted by Crippen LogP contribution is 2.32. The Morgan fingerprint density at radius 1 is 1.11 bits per heavy atom. The van der Waals surface area contributed by atoms with Gasteiger partial charge in [0.1, 0.15) is 5.82 Å². The van der Waals surface area contributed by atoms with Gasteiger partial charge in [0.2, 0.25) is 0 Å². The summed E-state index contributed by atoms with van der Waals surface area (Å²) in [7, 11) is 0. The predicted molar refractivity (Wildman–Crippen MR) is 71.4 cm³/mol. The molecule has 0 saturated carbocycles. The first kappa shape index (κ1) is 11.9. The maximum atomic E-state index is 13.6. The summed E-state index contributed by atoms with van der Waals surface area (Å²) >= 11 is 0. The molecule has 2 aromatic rings. The van der Waals surface area contributed by atoms with Crippen LogP contribution in [0, 0.1) is 5.82 Å². The van der Waals surface area contributed by atoms with Crippen molar-refractivity contribution in [3.05, 3.63) is 71.0 Å². The second kappa shape index (κ2) is 4.84. The standard InChI is InChI=1S/C16H14FNO/c17-14-8-4-7-13-12(14)9-10-15(13)18-16(19)11-5-2-1-3-6-11/h1-8,15H,9-10H2,(H,18,19)/t15-/m1/s1. The molecule has 0 aromatic heterocycles. The van der Waals surface area contributed by atoms with E-state index in [1.165, 1.54) is 6.07 Å². The average molecular weight is 255 g/mol. The summed E-state index contributed by atoms with van der Waals surface area (Å²) in [4.78, 5) is 12.1. The fourth-order valence-electron chi connectivity index (χ4n) is 2.59. The Hall–Kier alpha value is -2.16. The molecule has 1 aliphatic carbocycles. The number of hydrogen-bond acceptors (Lipinski definition) is 1. The number of amides is 1. The van der Waals surface area contributed by atoms with E-state index in [9.17, 15) is 9.18 Å². The Balaban J connectivity index is 1.80. The molecule has 3 heteroatoms. The lowest BCUT2D eigenvalue weighted by molar-refractivity contribution is 0.0936. The van der Waals surface area contributed by atoms with Crippen LogP contribution in [-0.2, 0) is 6.42 Å². The van der Waals surface area contributed by atoms with E-state index in [1.807, 2.05) is 24.3 Å². The first-order valence-electron chi connectivity index (χ1n) is 6.39. The smallest absolute Gasteiger partial charge is 0.251 e. The normalized spacial score (nSPS) is 17.0. The van der Waals surface area contributed by atoms with E-state index >= 15 is 0 Å². The lowest BCUT2D eigenvalue weighted by Crippen LogP contribution is -2.27. The molecular formula is C16H14FNO. The Labute approximate surface area is 111 Å². The number of rotatable bonds is 2. The Morgan fingerprint density at radius 2 is 1.89 bits per heavy atom. The van der Waals surface area contributed by atoms with Crippen LogP contribution in [-0.4, -0.2) is 5.91 Å². The zero-order valence-corrected chi connectivity index (χ0v) is 10.4. The van der Waals surface area contributed by atoms with Gasteiger partial charge in [-0.3, -0.25) is 4.79 Å². The Morgan fingerprint density at radius 3 is 2.68 bits per heavy atom. The third kappa shape index (κ3) is 2.24. The highest BCUT2D eigenvalue weighted by Gasteiger charge is 2.26. The minimum absolute atomic E-state index is 0.0848. The van der Waals surface area contributed by atoms with Gasteiger partial charge in [-0.15, -0.1) is 0 Å². The predicted octanol–water partition coefficient (Wildman–Crippen LogP) is 3.24. The van der Waals surface area contributed by atoms with Crippen LogP contribution in [0.1, 0.15) is 33.9 Å². The minimum atomic E-state index is -0.172. The highest BCUT2D eigenvalue weighted by molar-refractivity contribution is 5.94. The van der Waals surface area contributed by atoms with E-state index in [0.29, 0.717) is 12.0 Å². The molecule has 0 radical (unpaired) electrons. The van der Waals surface area contributed by atoms with Crippen molar-refractivity contribution in [1.82, 2.24) is 5.32 Å². The van der Waals surface area contributed by atoms with Gasteiger partial charge in [-0.2, -0.15) is 0 Å². The summed E-state index contributed by atoms with van der Waals surface area (Å²) in [6.07, 6.45) is 1.44. The molecule has 2 aromatic carbocycles. The third-order valence-corrected chi connectivity index (χ3v) is 3.55. The number of carbonyl (C=O) groups is 1. The molecule has 0 saturated heterocycles. The molecule has 0 spiro atoms. The van der Waals surface area contributed by atoms with Crippen LogP contribution in [0.3, 0.4) is 0 Å². The fourth-order valence-corrected chi connectivity index (χ4v) is 2.59. The molecule has 1 N–H and O–H groups in total. The van der Waals surface area contributed by atoms with Gasteiger partial charge < -0.3 is 5.32 Å². The lowest BCUT2D eigenvalue weighted by atomic mass is 10.1. The van der Waals surface area contributed by atoms with E-state index in [2.05, 4.69) is 5.32 Å². The fraction of sp³-hybridized carbons (Fsp3) is 0.188.